The summed E-state index contributed by atoms with van der Waals surface area (Å²) in [6, 6.07) is 6.88. The third-order valence-electron chi connectivity index (χ3n) is 4.22. The maximum absolute atomic E-state index is 3.82. The molecule has 2 unspecified atom stereocenters. The molecule has 2 aliphatic rings. The fourth-order valence-electron chi connectivity index (χ4n) is 3.33. The molecule has 0 bridgehead atoms. The van der Waals surface area contributed by atoms with Crippen molar-refractivity contribution in [3.63, 3.8) is 0 Å². The van der Waals surface area contributed by atoms with E-state index in [4.69, 9.17) is 0 Å². The van der Waals surface area contributed by atoms with Crippen molar-refractivity contribution in [3.05, 3.63) is 34.9 Å². The minimum atomic E-state index is 0.388. The van der Waals surface area contributed by atoms with Crippen molar-refractivity contribution in [1.29, 1.82) is 0 Å². The van der Waals surface area contributed by atoms with E-state index in [0.717, 1.165) is 5.92 Å². The summed E-state index contributed by atoms with van der Waals surface area (Å²) in [5, 5.41) is 0. The van der Waals surface area contributed by atoms with E-state index in [1.165, 1.54) is 19.3 Å². The highest BCUT2D eigenvalue weighted by molar-refractivity contribution is 9.09. The van der Waals surface area contributed by atoms with Crippen molar-refractivity contribution in [2.75, 3.05) is 0 Å². The monoisotopic (exact) mass is 264 g/mol. The molecule has 2 aliphatic carbocycles. The van der Waals surface area contributed by atoms with Crippen LogP contribution in [0, 0.1) is 0 Å². The number of hydrogen-bond acceptors (Lipinski definition) is 0. The molecular formula is C14H17Br. The summed E-state index contributed by atoms with van der Waals surface area (Å²) in [5.74, 6) is 0.827. The highest BCUT2D eigenvalue weighted by Gasteiger charge is 2.39. The third-order valence-corrected chi connectivity index (χ3v) is 5.09. The molecule has 80 valence electrons. The summed E-state index contributed by atoms with van der Waals surface area (Å²) >= 11 is 3.82. The Balaban J connectivity index is 2.25. The second-order valence-electron chi connectivity index (χ2n) is 5.63. The Morgan fingerprint density at radius 3 is 2.93 bits per heavy atom. The molecule has 2 atom stereocenters. The number of halogens is 1. The molecule has 0 saturated carbocycles. The predicted molar refractivity (Wildman–Crippen MR) is 67.7 cm³/mol. The normalized spacial score (nSPS) is 31.4. The van der Waals surface area contributed by atoms with Crippen molar-refractivity contribution in [3.8, 4) is 0 Å². The second kappa shape index (κ2) is 3.10. The first-order valence-electron chi connectivity index (χ1n) is 5.87. The molecule has 0 saturated heterocycles. The average Bonchev–Trinajstić information content (AvgIpc) is 2.52. The zero-order valence-corrected chi connectivity index (χ0v) is 11.0. The molecule has 15 heavy (non-hydrogen) atoms. The number of alkyl halides is 1. The Labute approximate surface area is 100 Å². The maximum Gasteiger partial charge on any atom is 0.0404 e. The quantitative estimate of drug-likeness (QED) is 0.597. The van der Waals surface area contributed by atoms with Crippen LogP contribution < -0.4 is 0 Å². The fourth-order valence-corrected chi connectivity index (χ4v) is 4.18. The molecule has 0 spiro atoms. The highest BCUT2D eigenvalue weighted by Crippen LogP contribution is 2.54. The van der Waals surface area contributed by atoms with Gasteiger partial charge < -0.3 is 0 Å². The van der Waals surface area contributed by atoms with Crippen molar-refractivity contribution >= 4 is 15.9 Å². The first kappa shape index (κ1) is 9.89. The van der Waals surface area contributed by atoms with Crippen LogP contribution in [0.2, 0.25) is 0 Å². The molecule has 0 fully saturated rings. The zero-order chi connectivity index (χ0) is 10.6. The van der Waals surface area contributed by atoms with Gasteiger partial charge in [0.05, 0.1) is 0 Å². The van der Waals surface area contributed by atoms with Crippen molar-refractivity contribution < 1.29 is 0 Å². The van der Waals surface area contributed by atoms with Gasteiger partial charge in [-0.2, -0.15) is 0 Å². The van der Waals surface area contributed by atoms with Gasteiger partial charge in [0.1, 0.15) is 0 Å². The Morgan fingerprint density at radius 2 is 2.13 bits per heavy atom. The molecule has 0 nitrogen and oxygen atoms in total. The summed E-state index contributed by atoms with van der Waals surface area (Å²) in [7, 11) is 0. The van der Waals surface area contributed by atoms with Crippen molar-refractivity contribution in [2.45, 2.75) is 49.3 Å². The van der Waals surface area contributed by atoms with Gasteiger partial charge in [0.25, 0.3) is 0 Å². The molecule has 0 N–H and O–H groups in total. The molecule has 1 aromatic carbocycles. The molecule has 0 amide bonds. The zero-order valence-electron chi connectivity index (χ0n) is 9.39. The Bertz CT molecular complexity index is 406. The molecular weight excluding hydrogens is 248 g/mol. The lowest BCUT2D eigenvalue weighted by molar-refractivity contribution is 0.394. The van der Waals surface area contributed by atoms with Gasteiger partial charge in [-0.25, -0.2) is 0 Å². The van der Waals surface area contributed by atoms with Gasteiger partial charge in [0, 0.05) is 4.83 Å². The third kappa shape index (κ3) is 1.32. The van der Waals surface area contributed by atoms with Gasteiger partial charge in [0.15, 0.2) is 0 Å². The van der Waals surface area contributed by atoms with Crippen LogP contribution in [0.1, 0.15) is 60.5 Å². The van der Waals surface area contributed by atoms with Crippen LogP contribution in [-0.2, 0) is 5.41 Å². The van der Waals surface area contributed by atoms with Crippen LogP contribution in [0.4, 0.5) is 0 Å². The van der Waals surface area contributed by atoms with Gasteiger partial charge in [-0.15, -0.1) is 0 Å². The summed E-state index contributed by atoms with van der Waals surface area (Å²) in [6.07, 6.45) is 4.02. The molecule has 1 heteroatoms. The van der Waals surface area contributed by atoms with Crippen LogP contribution in [0.5, 0.6) is 0 Å². The van der Waals surface area contributed by atoms with Crippen LogP contribution in [0.15, 0.2) is 18.2 Å². The number of rotatable bonds is 0. The molecule has 0 aliphatic heterocycles. The molecule has 3 rings (SSSR count). The van der Waals surface area contributed by atoms with Gasteiger partial charge >= 0.3 is 0 Å². The van der Waals surface area contributed by atoms with Gasteiger partial charge in [-0.1, -0.05) is 48.0 Å². The van der Waals surface area contributed by atoms with E-state index in [2.05, 4.69) is 48.0 Å². The molecule has 1 aromatic rings. The van der Waals surface area contributed by atoms with Gasteiger partial charge in [-0.05, 0) is 47.3 Å². The average molecular weight is 265 g/mol. The largest absolute Gasteiger partial charge is 0.0838 e. The Hall–Kier alpha value is -0.300. The summed E-state index contributed by atoms with van der Waals surface area (Å²) < 4.78 is 0. The van der Waals surface area contributed by atoms with Crippen LogP contribution in [0.25, 0.3) is 0 Å². The van der Waals surface area contributed by atoms with E-state index < -0.39 is 0 Å². The first-order chi connectivity index (χ1) is 7.09. The SMILES string of the molecule is CC1(C)CCC2CC(Br)c3cccc1c32. The van der Waals surface area contributed by atoms with E-state index in [-0.39, 0.29) is 0 Å². The summed E-state index contributed by atoms with van der Waals surface area (Å²) in [5.41, 5.74) is 5.23. The van der Waals surface area contributed by atoms with Crippen molar-refractivity contribution in [1.82, 2.24) is 0 Å². The standard InChI is InChI=1S/C14H17Br/c1-14(2)7-6-9-8-12(15)10-4-3-5-11(14)13(9)10/h3-5,9,12H,6-8H2,1-2H3. The number of hydrogen-bond donors (Lipinski definition) is 0. The summed E-state index contributed by atoms with van der Waals surface area (Å²) in [4.78, 5) is 0.603. The Kier molecular flexibility index (Phi) is 2.04. The maximum atomic E-state index is 3.82. The van der Waals surface area contributed by atoms with Crippen LogP contribution in [-0.4, -0.2) is 0 Å². The predicted octanol–water partition coefficient (Wildman–Crippen LogP) is 4.68. The lowest BCUT2D eigenvalue weighted by Crippen LogP contribution is -2.25. The van der Waals surface area contributed by atoms with Crippen molar-refractivity contribution in [2.24, 2.45) is 0 Å². The highest BCUT2D eigenvalue weighted by atomic mass is 79.9. The van der Waals surface area contributed by atoms with Gasteiger partial charge in [0.2, 0.25) is 0 Å². The topological polar surface area (TPSA) is 0 Å². The smallest absolute Gasteiger partial charge is 0.0404 e. The summed E-state index contributed by atoms with van der Waals surface area (Å²) in [6.45, 7) is 4.78. The number of benzene rings is 1. The fraction of sp³-hybridized carbons (Fsp3) is 0.571. The van der Waals surface area contributed by atoms with E-state index >= 15 is 0 Å². The van der Waals surface area contributed by atoms with E-state index in [9.17, 15) is 0 Å². The second-order valence-corrected chi connectivity index (χ2v) is 6.74. The first-order valence-corrected chi connectivity index (χ1v) is 6.78. The minimum absolute atomic E-state index is 0.388. The van der Waals surface area contributed by atoms with Crippen LogP contribution >= 0.6 is 15.9 Å². The van der Waals surface area contributed by atoms with Crippen LogP contribution in [0.3, 0.4) is 0 Å². The van der Waals surface area contributed by atoms with E-state index in [0.29, 0.717) is 10.2 Å². The molecule has 0 aromatic heterocycles. The minimum Gasteiger partial charge on any atom is -0.0838 e. The van der Waals surface area contributed by atoms with E-state index in [1.807, 2.05) is 0 Å². The molecule has 0 heterocycles. The Morgan fingerprint density at radius 1 is 1.33 bits per heavy atom. The van der Waals surface area contributed by atoms with Gasteiger partial charge in [-0.3, -0.25) is 0 Å². The molecule has 0 radical (unpaired) electrons. The lowest BCUT2D eigenvalue weighted by atomic mass is 9.69. The van der Waals surface area contributed by atoms with E-state index in [1.54, 1.807) is 16.7 Å². The lowest BCUT2D eigenvalue weighted by Gasteiger charge is -2.35.